The molecule has 6 nitrogen and oxygen atoms in total. The predicted molar refractivity (Wildman–Crippen MR) is 107 cm³/mol. The summed E-state index contributed by atoms with van der Waals surface area (Å²) in [5, 5.41) is 5.45. The number of ether oxygens (including phenoxy) is 1. The predicted octanol–water partition coefficient (Wildman–Crippen LogP) is 4.06. The molecule has 3 rings (SSSR count). The maximum atomic E-state index is 12.5. The Morgan fingerprint density at radius 1 is 1.07 bits per heavy atom. The summed E-state index contributed by atoms with van der Waals surface area (Å²) in [4.78, 5) is 18.9. The van der Waals surface area contributed by atoms with Gasteiger partial charge in [-0.2, -0.15) is 8.78 Å². The number of hydrogen-bond donors (Lipinski definition) is 2. The van der Waals surface area contributed by atoms with Gasteiger partial charge in [-0.15, -0.1) is 0 Å². The molecule has 2 N–H and O–H groups in total. The van der Waals surface area contributed by atoms with E-state index in [2.05, 4.69) is 25.3 Å². The third-order valence-electron chi connectivity index (χ3n) is 4.82. The number of anilines is 1. The number of amides is 2. The van der Waals surface area contributed by atoms with Crippen LogP contribution in [0.5, 0.6) is 5.75 Å². The van der Waals surface area contributed by atoms with Crippen LogP contribution in [0.2, 0.25) is 0 Å². The summed E-state index contributed by atoms with van der Waals surface area (Å²) in [7, 11) is 0. The summed E-state index contributed by atoms with van der Waals surface area (Å²) in [6.07, 6.45) is 6.60. The molecule has 2 amide bonds. The third-order valence-corrected chi connectivity index (χ3v) is 4.82. The molecule has 29 heavy (non-hydrogen) atoms. The Bertz CT molecular complexity index is 796. The molecule has 0 radical (unpaired) electrons. The van der Waals surface area contributed by atoms with Crippen LogP contribution in [0.1, 0.15) is 36.8 Å². The van der Waals surface area contributed by atoms with Gasteiger partial charge in [-0.05, 0) is 36.6 Å². The van der Waals surface area contributed by atoms with Crippen LogP contribution in [0, 0.1) is 0 Å². The van der Waals surface area contributed by atoms with E-state index in [1.807, 2.05) is 12.1 Å². The SMILES string of the molecule is O=C(NCc1ccnc(N2CCCCCC2)c1)NCc1ccccc1OC(F)F. The Morgan fingerprint density at radius 3 is 2.55 bits per heavy atom. The molecule has 156 valence electrons. The number of halogens is 2. The van der Waals surface area contributed by atoms with Gasteiger partial charge >= 0.3 is 12.6 Å². The maximum absolute atomic E-state index is 12.5. The van der Waals surface area contributed by atoms with Gasteiger partial charge in [0.05, 0.1) is 0 Å². The van der Waals surface area contributed by atoms with Gasteiger partial charge in [-0.25, -0.2) is 9.78 Å². The molecule has 1 aromatic carbocycles. The first-order valence-electron chi connectivity index (χ1n) is 9.86. The molecule has 2 heterocycles. The van der Waals surface area contributed by atoms with E-state index in [1.165, 1.54) is 31.7 Å². The van der Waals surface area contributed by atoms with Gasteiger partial charge < -0.3 is 20.3 Å². The van der Waals surface area contributed by atoms with Crippen LogP contribution in [0.4, 0.5) is 19.4 Å². The molecule has 0 unspecified atom stereocenters. The number of alkyl halides is 2. The van der Waals surface area contributed by atoms with Gasteiger partial charge in [0.2, 0.25) is 0 Å². The second kappa shape index (κ2) is 10.6. The molecule has 0 atom stereocenters. The largest absolute Gasteiger partial charge is 0.434 e. The van der Waals surface area contributed by atoms with Crippen molar-refractivity contribution in [2.75, 3.05) is 18.0 Å². The number of benzene rings is 1. The first-order chi connectivity index (χ1) is 14.1. The minimum atomic E-state index is -2.91. The highest BCUT2D eigenvalue weighted by atomic mass is 19.3. The summed E-state index contributed by atoms with van der Waals surface area (Å²) in [5.74, 6) is 0.990. The van der Waals surface area contributed by atoms with Crippen molar-refractivity contribution < 1.29 is 18.3 Å². The quantitative estimate of drug-likeness (QED) is 0.730. The normalized spacial score (nSPS) is 14.4. The van der Waals surface area contributed by atoms with Crippen LogP contribution in [-0.4, -0.2) is 30.7 Å². The zero-order valence-corrected chi connectivity index (χ0v) is 16.2. The zero-order valence-electron chi connectivity index (χ0n) is 16.2. The number of urea groups is 1. The van der Waals surface area contributed by atoms with Crippen molar-refractivity contribution in [2.24, 2.45) is 0 Å². The first-order valence-corrected chi connectivity index (χ1v) is 9.86. The van der Waals surface area contributed by atoms with Gasteiger partial charge in [0.1, 0.15) is 11.6 Å². The lowest BCUT2D eigenvalue weighted by Crippen LogP contribution is -2.34. The number of rotatable bonds is 7. The van der Waals surface area contributed by atoms with Crippen molar-refractivity contribution in [3.8, 4) is 5.75 Å². The molecular weight excluding hydrogens is 378 g/mol. The summed E-state index contributed by atoms with van der Waals surface area (Å²) in [6, 6.07) is 9.87. The fraction of sp³-hybridized carbons (Fsp3) is 0.429. The number of pyridine rings is 1. The molecule has 1 fully saturated rings. The number of aromatic nitrogens is 1. The van der Waals surface area contributed by atoms with Crippen LogP contribution in [0.25, 0.3) is 0 Å². The Morgan fingerprint density at radius 2 is 1.79 bits per heavy atom. The molecule has 0 saturated carbocycles. The van der Waals surface area contributed by atoms with Crippen molar-refractivity contribution in [3.63, 3.8) is 0 Å². The summed E-state index contributed by atoms with van der Waals surface area (Å²) >= 11 is 0. The molecule has 2 aromatic rings. The number of nitrogens with one attached hydrogen (secondary N) is 2. The fourth-order valence-electron chi connectivity index (χ4n) is 3.32. The molecule has 8 heteroatoms. The Hall–Kier alpha value is -2.90. The van der Waals surface area contributed by atoms with Crippen LogP contribution in [0.3, 0.4) is 0 Å². The molecule has 0 bridgehead atoms. The third kappa shape index (κ3) is 6.58. The van der Waals surface area contributed by atoms with Crippen molar-refractivity contribution in [1.82, 2.24) is 15.6 Å². The second-order valence-electron chi connectivity index (χ2n) is 6.95. The van der Waals surface area contributed by atoms with E-state index in [0.29, 0.717) is 12.1 Å². The molecule has 1 aliphatic heterocycles. The van der Waals surface area contributed by atoms with E-state index in [0.717, 1.165) is 24.5 Å². The zero-order chi connectivity index (χ0) is 20.5. The molecule has 1 saturated heterocycles. The average molecular weight is 404 g/mol. The molecule has 0 spiro atoms. The van der Waals surface area contributed by atoms with Gasteiger partial charge in [0.15, 0.2) is 0 Å². The highest BCUT2D eigenvalue weighted by molar-refractivity contribution is 5.74. The topological polar surface area (TPSA) is 66.5 Å². The van der Waals surface area contributed by atoms with Crippen molar-refractivity contribution in [2.45, 2.75) is 45.4 Å². The van der Waals surface area contributed by atoms with Gasteiger partial charge in [-0.3, -0.25) is 0 Å². The minimum absolute atomic E-state index is 0.0547. The second-order valence-corrected chi connectivity index (χ2v) is 6.95. The maximum Gasteiger partial charge on any atom is 0.387 e. The summed E-state index contributed by atoms with van der Waals surface area (Å²) < 4.78 is 29.4. The Balaban J connectivity index is 1.50. The first kappa shape index (κ1) is 20.8. The van der Waals surface area contributed by atoms with E-state index < -0.39 is 6.61 Å². The van der Waals surface area contributed by atoms with Crippen LogP contribution in [-0.2, 0) is 13.1 Å². The monoisotopic (exact) mass is 404 g/mol. The number of nitrogens with zero attached hydrogens (tertiary/aromatic N) is 2. The van der Waals surface area contributed by atoms with Gasteiger partial charge in [0.25, 0.3) is 0 Å². The van der Waals surface area contributed by atoms with Crippen LogP contribution in [0.15, 0.2) is 42.6 Å². The number of carbonyl (C=O) groups is 1. The van der Waals surface area contributed by atoms with Crippen LogP contribution < -0.4 is 20.3 Å². The van der Waals surface area contributed by atoms with Gasteiger partial charge in [0, 0.05) is 37.9 Å². The molecule has 0 aliphatic carbocycles. The van der Waals surface area contributed by atoms with E-state index >= 15 is 0 Å². The lowest BCUT2D eigenvalue weighted by molar-refractivity contribution is -0.0504. The molecule has 1 aliphatic rings. The van der Waals surface area contributed by atoms with Gasteiger partial charge in [-0.1, -0.05) is 31.0 Å². The van der Waals surface area contributed by atoms with Crippen molar-refractivity contribution in [3.05, 3.63) is 53.7 Å². The smallest absolute Gasteiger partial charge is 0.387 e. The number of carbonyl (C=O) groups excluding carboxylic acids is 1. The average Bonchev–Trinajstić information content (AvgIpc) is 3.01. The van der Waals surface area contributed by atoms with Crippen molar-refractivity contribution >= 4 is 11.8 Å². The molecular formula is C21H26F2N4O2. The van der Waals surface area contributed by atoms with E-state index in [4.69, 9.17) is 0 Å². The lowest BCUT2D eigenvalue weighted by Gasteiger charge is -2.21. The van der Waals surface area contributed by atoms with E-state index in [1.54, 1.807) is 24.4 Å². The number of para-hydroxylation sites is 1. The van der Waals surface area contributed by atoms with Crippen molar-refractivity contribution in [1.29, 1.82) is 0 Å². The summed E-state index contributed by atoms with van der Waals surface area (Å²) in [5.41, 5.74) is 1.44. The molecule has 1 aromatic heterocycles. The Kier molecular flexibility index (Phi) is 7.61. The highest BCUT2D eigenvalue weighted by Gasteiger charge is 2.12. The fourth-order valence-corrected chi connectivity index (χ4v) is 3.32. The standard InChI is InChI=1S/C21H26F2N4O2/c22-20(23)29-18-8-4-3-7-17(18)15-26-21(28)25-14-16-9-10-24-19(13-16)27-11-5-1-2-6-12-27/h3-4,7-10,13,20H,1-2,5-6,11-12,14-15H2,(H2,25,26,28). The highest BCUT2D eigenvalue weighted by Crippen LogP contribution is 2.20. The number of hydrogen-bond acceptors (Lipinski definition) is 4. The minimum Gasteiger partial charge on any atom is -0.434 e. The van der Waals surface area contributed by atoms with E-state index in [-0.39, 0.29) is 18.3 Å². The summed E-state index contributed by atoms with van der Waals surface area (Å²) in [6.45, 7) is -0.460. The lowest BCUT2D eigenvalue weighted by atomic mass is 10.2. The van der Waals surface area contributed by atoms with Crippen LogP contribution >= 0.6 is 0 Å². The van der Waals surface area contributed by atoms with E-state index in [9.17, 15) is 13.6 Å². The Labute approximate surface area is 169 Å².